The van der Waals surface area contributed by atoms with Gasteiger partial charge in [0.25, 0.3) is 0 Å². The monoisotopic (exact) mass is 556 g/mol. The molecule has 2 aromatic rings. The number of alkyl halides is 2. The van der Waals surface area contributed by atoms with Crippen LogP contribution < -0.4 is 16.2 Å². The van der Waals surface area contributed by atoms with Crippen LogP contribution in [0.25, 0.3) is 6.08 Å². The molecule has 0 aromatic heterocycles. The number of nitrogens with two attached hydrogens (primary N) is 2. The topological polar surface area (TPSA) is 87.6 Å². The van der Waals surface area contributed by atoms with Gasteiger partial charge in [0.1, 0.15) is 5.75 Å². The van der Waals surface area contributed by atoms with Crippen molar-refractivity contribution in [3.63, 3.8) is 0 Å². The first-order valence-electron chi connectivity index (χ1n) is 14.9. The molecule has 1 saturated carbocycles. The molecule has 1 fully saturated rings. The average Bonchev–Trinajstić information content (AvgIpc) is 2.93. The van der Waals surface area contributed by atoms with Crippen LogP contribution in [-0.2, 0) is 16.0 Å². The van der Waals surface area contributed by atoms with Gasteiger partial charge >= 0.3 is 12.1 Å². The Balaban J connectivity index is 1.32. The Morgan fingerprint density at radius 1 is 0.950 bits per heavy atom. The van der Waals surface area contributed by atoms with E-state index in [0.717, 1.165) is 50.5 Å². The van der Waals surface area contributed by atoms with E-state index in [-0.39, 0.29) is 5.75 Å². The number of rotatable bonds is 16. The summed E-state index contributed by atoms with van der Waals surface area (Å²) in [5.41, 5.74) is 14.8. The molecule has 3 rings (SSSR count). The molecule has 0 heterocycles. The number of ether oxygens (including phenoxy) is 2. The largest absolute Gasteiger partial charge is 0.463 e. The third-order valence-electron chi connectivity index (χ3n) is 7.84. The van der Waals surface area contributed by atoms with Crippen LogP contribution in [0.5, 0.6) is 5.75 Å². The maximum Gasteiger partial charge on any atom is 0.400 e. The Hall–Kier alpha value is -3.09. The van der Waals surface area contributed by atoms with E-state index in [2.05, 4.69) is 6.92 Å². The van der Waals surface area contributed by atoms with Crippen LogP contribution in [0.2, 0.25) is 0 Å². The van der Waals surface area contributed by atoms with Crippen molar-refractivity contribution in [3.8, 4) is 5.75 Å². The van der Waals surface area contributed by atoms with Crippen molar-refractivity contribution < 1.29 is 23.0 Å². The molecule has 5 nitrogen and oxygen atoms in total. The van der Waals surface area contributed by atoms with Gasteiger partial charge < -0.3 is 20.9 Å². The molecule has 0 atom stereocenters. The number of halogens is 2. The zero-order chi connectivity index (χ0) is 28.8. The Morgan fingerprint density at radius 3 is 2.38 bits per heavy atom. The quantitative estimate of drug-likeness (QED) is 0.0936. The van der Waals surface area contributed by atoms with Gasteiger partial charge in [0, 0.05) is 17.5 Å². The van der Waals surface area contributed by atoms with Gasteiger partial charge in [-0.3, -0.25) is 0 Å². The molecular formula is C33H46F2N2O3. The Labute approximate surface area is 238 Å². The summed E-state index contributed by atoms with van der Waals surface area (Å²) in [7, 11) is 0. The van der Waals surface area contributed by atoms with Gasteiger partial charge in [-0.1, -0.05) is 57.2 Å². The lowest BCUT2D eigenvalue weighted by Gasteiger charge is -2.33. The molecule has 0 amide bonds. The second-order valence-corrected chi connectivity index (χ2v) is 11.1. The molecule has 2 aromatic carbocycles. The van der Waals surface area contributed by atoms with Crippen molar-refractivity contribution in [1.82, 2.24) is 0 Å². The van der Waals surface area contributed by atoms with Crippen LogP contribution in [0.15, 0.2) is 48.5 Å². The minimum absolute atomic E-state index is 0.132. The van der Waals surface area contributed by atoms with Crippen LogP contribution in [0, 0.1) is 11.8 Å². The highest BCUT2D eigenvalue weighted by atomic mass is 19.3. The summed E-state index contributed by atoms with van der Waals surface area (Å²) in [6.07, 6.45) is 12.0. The zero-order valence-corrected chi connectivity index (χ0v) is 23.9. The smallest absolute Gasteiger partial charge is 0.400 e. The minimum atomic E-state index is -3.18. The first-order valence-corrected chi connectivity index (χ1v) is 14.9. The number of hydrogen-bond acceptors (Lipinski definition) is 5. The van der Waals surface area contributed by atoms with Crippen LogP contribution >= 0.6 is 0 Å². The molecule has 0 saturated heterocycles. The van der Waals surface area contributed by atoms with Crippen molar-refractivity contribution in [2.24, 2.45) is 11.8 Å². The van der Waals surface area contributed by atoms with Crippen LogP contribution in [-0.4, -0.2) is 18.7 Å². The number of carbonyl (C=O) groups excluding carboxylic acids is 1. The van der Waals surface area contributed by atoms with Crippen LogP contribution in [0.4, 0.5) is 20.2 Å². The van der Waals surface area contributed by atoms with E-state index in [1.165, 1.54) is 43.9 Å². The van der Waals surface area contributed by atoms with Crippen LogP contribution in [0.1, 0.15) is 95.1 Å². The van der Waals surface area contributed by atoms with E-state index in [9.17, 15) is 13.6 Å². The van der Waals surface area contributed by atoms with Crippen molar-refractivity contribution in [1.29, 1.82) is 0 Å². The highest BCUT2D eigenvalue weighted by Gasteiger charge is 2.43. The van der Waals surface area contributed by atoms with E-state index in [1.54, 1.807) is 24.3 Å². The summed E-state index contributed by atoms with van der Waals surface area (Å²) in [6, 6.07) is 11.9. The Morgan fingerprint density at radius 2 is 1.68 bits per heavy atom. The van der Waals surface area contributed by atoms with E-state index in [1.807, 2.05) is 12.1 Å². The molecule has 220 valence electrons. The van der Waals surface area contributed by atoms with Crippen molar-refractivity contribution in [2.45, 2.75) is 96.5 Å². The number of nitrogen functional groups attached to an aromatic ring is 2. The maximum absolute atomic E-state index is 14.8. The molecule has 0 bridgehead atoms. The van der Waals surface area contributed by atoms with Gasteiger partial charge in [-0.25, -0.2) is 4.79 Å². The summed E-state index contributed by atoms with van der Waals surface area (Å²) in [4.78, 5) is 12.0. The van der Waals surface area contributed by atoms with E-state index >= 15 is 0 Å². The van der Waals surface area contributed by atoms with Crippen LogP contribution in [0.3, 0.4) is 0 Å². The number of carbonyl (C=O) groups is 1. The van der Waals surface area contributed by atoms with Crippen molar-refractivity contribution in [3.05, 3.63) is 59.7 Å². The van der Waals surface area contributed by atoms with Gasteiger partial charge in [-0.15, -0.1) is 0 Å². The predicted octanol–water partition coefficient (Wildman–Crippen LogP) is 8.57. The molecule has 0 spiro atoms. The lowest BCUT2D eigenvalue weighted by molar-refractivity contribution is -0.223. The number of anilines is 2. The van der Waals surface area contributed by atoms with E-state index in [4.69, 9.17) is 20.9 Å². The second kappa shape index (κ2) is 16.2. The summed E-state index contributed by atoms with van der Waals surface area (Å²) in [6.45, 7) is 2.53. The van der Waals surface area contributed by atoms with Crippen molar-refractivity contribution >= 4 is 23.4 Å². The minimum Gasteiger partial charge on any atom is -0.463 e. The number of aryl methyl sites for hydroxylation is 1. The molecule has 1 aliphatic rings. The lowest BCUT2D eigenvalue weighted by Crippen LogP contribution is -2.37. The van der Waals surface area contributed by atoms with Gasteiger partial charge in [0.15, 0.2) is 0 Å². The lowest BCUT2D eigenvalue weighted by atomic mass is 9.79. The third-order valence-corrected chi connectivity index (χ3v) is 7.84. The standard InChI is InChI=1S/C33H46F2N2O3/c1-2-3-4-6-9-25-11-17-28(18-12-25)33(34,35)40-30-20-13-26(14-21-30)15-22-32(38)39-23-8-5-7-10-27-16-19-29(36)24-31(27)37/h13-16,19-22,24-25,28H,2-12,17-18,23,36-37H2,1H3/b22-15+. The zero-order valence-electron chi connectivity index (χ0n) is 23.9. The summed E-state index contributed by atoms with van der Waals surface area (Å²) >= 11 is 0. The third kappa shape index (κ3) is 10.8. The SMILES string of the molecule is CCCCCCC1CCC(C(F)(F)Oc2ccc(/C=C/C(=O)OCCCCCc3ccc(N)cc3N)cc2)CC1. The molecule has 1 aliphatic carbocycles. The Kier molecular flexibility index (Phi) is 12.8. The normalized spacial score (nSPS) is 17.7. The average molecular weight is 557 g/mol. The van der Waals surface area contributed by atoms with E-state index in [0.29, 0.717) is 42.3 Å². The fourth-order valence-corrected chi connectivity index (χ4v) is 5.35. The highest BCUT2D eigenvalue weighted by Crippen LogP contribution is 2.41. The summed E-state index contributed by atoms with van der Waals surface area (Å²) in [5.74, 6) is -0.478. The number of unbranched alkanes of at least 4 members (excludes halogenated alkanes) is 5. The summed E-state index contributed by atoms with van der Waals surface area (Å²) in [5, 5.41) is 0. The van der Waals surface area contributed by atoms with Gasteiger partial charge in [-0.05, 0) is 98.8 Å². The highest BCUT2D eigenvalue weighted by molar-refractivity contribution is 5.87. The van der Waals surface area contributed by atoms with E-state index < -0.39 is 18.0 Å². The fraction of sp³-hybridized carbons (Fsp3) is 0.545. The van der Waals surface area contributed by atoms with Gasteiger partial charge in [0.2, 0.25) is 0 Å². The fourth-order valence-electron chi connectivity index (χ4n) is 5.35. The Bertz CT molecular complexity index is 1060. The van der Waals surface area contributed by atoms with Gasteiger partial charge in [-0.2, -0.15) is 8.78 Å². The first-order chi connectivity index (χ1) is 19.3. The molecule has 0 unspecified atom stereocenters. The summed E-state index contributed by atoms with van der Waals surface area (Å²) < 4.78 is 40.1. The second-order valence-electron chi connectivity index (χ2n) is 11.1. The predicted molar refractivity (Wildman–Crippen MR) is 159 cm³/mol. The number of hydrogen-bond donors (Lipinski definition) is 2. The molecule has 0 radical (unpaired) electrons. The van der Waals surface area contributed by atoms with Crippen molar-refractivity contribution in [2.75, 3.05) is 18.1 Å². The number of esters is 1. The molecular weight excluding hydrogens is 510 g/mol. The molecule has 4 N–H and O–H groups in total. The maximum atomic E-state index is 14.8. The molecule has 40 heavy (non-hydrogen) atoms. The molecule has 0 aliphatic heterocycles. The first kappa shape index (κ1) is 31.4. The van der Waals surface area contributed by atoms with Gasteiger partial charge in [0.05, 0.1) is 12.5 Å². The number of benzene rings is 2. The molecule has 7 heteroatoms.